The average Bonchev–Trinajstić information content (AvgIpc) is 2.95. The van der Waals surface area contributed by atoms with Crippen molar-refractivity contribution in [2.45, 2.75) is 32.4 Å². The van der Waals surface area contributed by atoms with Crippen LogP contribution in [-0.2, 0) is 11.3 Å². The van der Waals surface area contributed by atoms with E-state index in [2.05, 4.69) is 15.0 Å². The van der Waals surface area contributed by atoms with E-state index in [4.69, 9.17) is 15.0 Å². The Kier molecular flexibility index (Phi) is 5.10. The molecule has 24 heavy (non-hydrogen) atoms. The third kappa shape index (κ3) is 4.32. The highest BCUT2D eigenvalue weighted by Gasteiger charge is 2.32. The highest BCUT2D eigenvalue weighted by atomic mass is 16.5. The number of aryl methyl sites for hydroxylation is 1. The normalized spacial score (nSPS) is 21.5. The van der Waals surface area contributed by atoms with Gasteiger partial charge in [-0.15, -0.1) is 0 Å². The van der Waals surface area contributed by atoms with Crippen LogP contribution in [-0.4, -0.2) is 40.1 Å². The van der Waals surface area contributed by atoms with E-state index >= 15 is 0 Å². The zero-order valence-corrected chi connectivity index (χ0v) is 13.7. The quantitative estimate of drug-likeness (QED) is 0.863. The molecule has 0 aliphatic carbocycles. The fraction of sp³-hybridized carbons (Fsp3) is 0.471. The first kappa shape index (κ1) is 16.4. The van der Waals surface area contributed by atoms with Crippen LogP contribution >= 0.6 is 0 Å². The van der Waals surface area contributed by atoms with Gasteiger partial charge in [-0.1, -0.05) is 5.16 Å². The standard InChI is InChI=1S/C17H22N4O3/c1-12-7-14(20-24-12)11-21-6-4-16(13(10-21)8-17(18)22)23-15-3-2-5-19-9-15/h2-3,5,7,9,13,16H,4,6,8,10-11H2,1H3,(H2,18,22)/t13-,16-/m1/s1. The molecule has 1 aliphatic rings. The molecule has 7 nitrogen and oxygen atoms in total. The van der Waals surface area contributed by atoms with E-state index in [0.717, 1.165) is 36.7 Å². The van der Waals surface area contributed by atoms with Crippen LogP contribution in [0.1, 0.15) is 24.3 Å². The fourth-order valence-electron chi connectivity index (χ4n) is 3.15. The second-order valence-corrected chi connectivity index (χ2v) is 6.23. The Balaban J connectivity index is 1.64. The largest absolute Gasteiger partial charge is 0.488 e. The van der Waals surface area contributed by atoms with Crippen molar-refractivity contribution in [3.63, 3.8) is 0 Å². The molecule has 3 heterocycles. The predicted octanol–water partition coefficient (Wildman–Crippen LogP) is 1.52. The molecule has 0 spiro atoms. The Labute approximate surface area is 140 Å². The number of hydrogen-bond acceptors (Lipinski definition) is 6. The summed E-state index contributed by atoms with van der Waals surface area (Å²) in [5, 5.41) is 4.03. The minimum Gasteiger partial charge on any atom is -0.488 e. The predicted molar refractivity (Wildman–Crippen MR) is 87.1 cm³/mol. The van der Waals surface area contributed by atoms with Crippen molar-refractivity contribution in [3.05, 3.63) is 42.0 Å². The molecule has 2 atom stereocenters. The number of piperidine rings is 1. The van der Waals surface area contributed by atoms with Crippen LogP contribution in [0.5, 0.6) is 5.75 Å². The third-order valence-corrected chi connectivity index (χ3v) is 4.20. The van der Waals surface area contributed by atoms with Gasteiger partial charge in [0.15, 0.2) is 0 Å². The highest BCUT2D eigenvalue weighted by Crippen LogP contribution is 2.26. The summed E-state index contributed by atoms with van der Waals surface area (Å²) in [6.45, 7) is 4.18. The molecule has 3 rings (SSSR count). The van der Waals surface area contributed by atoms with Crippen LogP contribution in [0.4, 0.5) is 0 Å². The first-order valence-electron chi connectivity index (χ1n) is 8.09. The number of hydrogen-bond donors (Lipinski definition) is 1. The van der Waals surface area contributed by atoms with E-state index in [1.54, 1.807) is 12.4 Å². The molecule has 2 aromatic rings. The monoisotopic (exact) mass is 330 g/mol. The lowest BCUT2D eigenvalue weighted by molar-refractivity contribution is -0.120. The number of aromatic nitrogens is 2. The fourth-order valence-corrected chi connectivity index (χ4v) is 3.15. The Morgan fingerprint density at radius 1 is 1.54 bits per heavy atom. The van der Waals surface area contributed by atoms with E-state index in [0.29, 0.717) is 13.0 Å². The second-order valence-electron chi connectivity index (χ2n) is 6.23. The van der Waals surface area contributed by atoms with Crippen molar-refractivity contribution in [2.75, 3.05) is 13.1 Å². The number of primary amides is 1. The number of pyridine rings is 1. The van der Waals surface area contributed by atoms with Crippen LogP contribution in [0.15, 0.2) is 35.1 Å². The molecule has 128 valence electrons. The van der Waals surface area contributed by atoms with Crippen LogP contribution in [0.25, 0.3) is 0 Å². The molecule has 0 radical (unpaired) electrons. The van der Waals surface area contributed by atoms with Crippen molar-refractivity contribution in [2.24, 2.45) is 11.7 Å². The maximum absolute atomic E-state index is 11.4. The van der Waals surface area contributed by atoms with Crippen molar-refractivity contribution in [1.82, 2.24) is 15.0 Å². The molecule has 1 fully saturated rings. The maximum atomic E-state index is 11.4. The second kappa shape index (κ2) is 7.44. The van der Waals surface area contributed by atoms with Gasteiger partial charge in [0, 0.05) is 44.2 Å². The van der Waals surface area contributed by atoms with E-state index < -0.39 is 0 Å². The maximum Gasteiger partial charge on any atom is 0.217 e. The number of nitrogens with two attached hydrogens (primary N) is 1. The van der Waals surface area contributed by atoms with Gasteiger partial charge in [-0.3, -0.25) is 14.7 Å². The molecule has 1 amide bonds. The van der Waals surface area contributed by atoms with Gasteiger partial charge in [0.05, 0.1) is 11.9 Å². The molecule has 0 bridgehead atoms. The van der Waals surface area contributed by atoms with Crippen molar-refractivity contribution < 1.29 is 14.1 Å². The number of rotatable bonds is 6. The van der Waals surface area contributed by atoms with E-state index in [9.17, 15) is 4.79 Å². The van der Waals surface area contributed by atoms with Gasteiger partial charge in [-0.05, 0) is 25.5 Å². The molecular weight excluding hydrogens is 308 g/mol. The SMILES string of the molecule is Cc1cc(CN2CC[C@@H](Oc3cccnc3)[C@H](CC(N)=O)C2)no1. The Hall–Kier alpha value is -2.41. The molecule has 0 saturated carbocycles. The van der Waals surface area contributed by atoms with Gasteiger partial charge < -0.3 is 15.0 Å². The third-order valence-electron chi connectivity index (χ3n) is 4.20. The molecule has 7 heteroatoms. The van der Waals surface area contributed by atoms with Gasteiger partial charge >= 0.3 is 0 Å². The first-order valence-corrected chi connectivity index (χ1v) is 8.09. The molecule has 1 aliphatic heterocycles. The summed E-state index contributed by atoms with van der Waals surface area (Å²) in [5.41, 5.74) is 6.33. The number of carbonyl (C=O) groups excluding carboxylic acids is 1. The van der Waals surface area contributed by atoms with Crippen LogP contribution in [0.2, 0.25) is 0 Å². The number of likely N-dealkylation sites (tertiary alicyclic amines) is 1. The lowest BCUT2D eigenvalue weighted by Gasteiger charge is -2.37. The molecule has 0 unspecified atom stereocenters. The van der Waals surface area contributed by atoms with Crippen LogP contribution < -0.4 is 10.5 Å². The zero-order valence-electron chi connectivity index (χ0n) is 13.7. The zero-order chi connectivity index (χ0) is 16.9. The van der Waals surface area contributed by atoms with Gasteiger partial charge in [-0.25, -0.2) is 0 Å². The number of amides is 1. The molecule has 2 aromatic heterocycles. The number of carbonyl (C=O) groups is 1. The Morgan fingerprint density at radius 2 is 2.42 bits per heavy atom. The van der Waals surface area contributed by atoms with Crippen molar-refractivity contribution in [1.29, 1.82) is 0 Å². The summed E-state index contributed by atoms with van der Waals surface area (Å²) in [7, 11) is 0. The van der Waals surface area contributed by atoms with Gasteiger partial charge in [-0.2, -0.15) is 0 Å². The minimum atomic E-state index is -0.307. The Bertz CT molecular complexity index is 673. The number of ether oxygens (including phenoxy) is 1. The summed E-state index contributed by atoms with van der Waals surface area (Å²) in [4.78, 5) is 17.8. The summed E-state index contributed by atoms with van der Waals surface area (Å²) in [6, 6.07) is 5.64. The van der Waals surface area contributed by atoms with E-state index in [-0.39, 0.29) is 17.9 Å². The summed E-state index contributed by atoms with van der Waals surface area (Å²) in [6.07, 6.45) is 4.47. The first-order chi connectivity index (χ1) is 11.6. The van der Waals surface area contributed by atoms with E-state index in [1.165, 1.54) is 0 Å². The lowest BCUT2D eigenvalue weighted by atomic mass is 9.91. The summed E-state index contributed by atoms with van der Waals surface area (Å²) in [5.74, 6) is 1.26. The van der Waals surface area contributed by atoms with Gasteiger partial charge in [0.25, 0.3) is 0 Å². The minimum absolute atomic E-state index is 0.0444. The molecular formula is C17H22N4O3. The number of nitrogens with zero attached hydrogens (tertiary/aromatic N) is 3. The van der Waals surface area contributed by atoms with E-state index in [1.807, 2.05) is 25.1 Å². The average molecular weight is 330 g/mol. The smallest absolute Gasteiger partial charge is 0.217 e. The highest BCUT2D eigenvalue weighted by molar-refractivity contribution is 5.74. The molecule has 1 saturated heterocycles. The summed E-state index contributed by atoms with van der Waals surface area (Å²) < 4.78 is 11.2. The van der Waals surface area contributed by atoms with Gasteiger partial charge in [0.1, 0.15) is 17.6 Å². The lowest BCUT2D eigenvalue weighted by Crippen LogP contribution is -2.46. The molecule has 2 N–H and O–H groups in total. The van der Waals surface area contributed by atoms with Gasteiger partial charge in [0.2, 0.25) is 5.91 Å². The topological polar surface area (TPSA) is 94.5 Å². The van der Waals surface area contributed by atoms with Crippen LogP contribution in [0, 0.1) is 12.8 Å². The van der Waals surface area contributed by atoms with Crippen molar-refractivity contribution in [3.8, 4) is 5.75 Å². The Morgan fingerprint density at radius 3 is 3.08 bits per heavy atom. The summed E-state index contributed by atoms with van der Waals surface area (Å²) >= 11 is 0. The molecule has 0 aromatic carbocycles. The van der Waals surface area contributed by atoms with Crippen LogP contribution in [0.3, 0.4) is 0 Å². The van der Waals surface area contributed by atoms with Crippen molar-refractivity contribution >= 4 is 5.91 Å².